The van der Waals surface area contributed by atoms with Gasteiger partial charge in [0.2, 0.25) is 0 Å². The zero-order chi connectivity index (χ0) is 14.7. The highest BCUT2D eigenvalue weighted by molar-refractivity contribution is 6.34. The quantitative estimate of drug-likeness (QED) is 0.905. The molecule has 1 heterocycles. The molecule has 2 aromatic rings. The van der Waals surface area contributed by atoms with E-state index in [1.807, 2.05) is 13.0 Å². The number of hydrogen-bond donors (Lipinski definition) is 2. The van der Waals surface area contributed by atoms with E-state index in [1.165, 1.54) is 16.9 Å². The van der Waals surface area contributed by atoms with Crippen LogP contribution in [0.3, 0.4) is 0 Å². The summed E-state index contributed by atoms with van der Waals surface area (Å²) in [6, 6.07) is 6.61. The molecule has 6 nitrogen and oxygen atoms in total. The predicted molar refractivity (Wildman–Crippen MR) is 76.4 cm³/mol. The van der Waals surface area contributed by atoms with Crippen molar-refractivity contribution in [2.24, 2.45) is 0 Å². The lowest BCUT2D eigenvalue weighted by atomic mass is 10.2. The Morgan fingerprint density at radius 3 is 3.00 bits per heavy atom. The molecule has 0 fully saturated rings. The van der Waals surface area contributed by atoms with Crippen molar-refractivity contribution in [2.45, 2.75) is 13.5 Å². The smallest absolute Gasteiger partial charge is 0.276 e. The van der Waals surface area contributed by atoms with Gasteiger partial charge in [-0.3, -0.25) is 9.48 Å². The van der Waals surface area contributed by atoms with Crippen molar-refractivity contribution in [2.75, 3.05) is 11.1 Å². The molecule has 0 bridgehead atoms. The van der Waals surface area contributed by atoms with Gasteiger partial charge in [-0.25, -0.2) is 0 Å². The molecule has 0 saturated carbocycles. The van der Waals surface area contributed by atoms with Crippen LogP contribution in [0, 0.1) is 11.3 Å². The monoisotopic (exact) mass is 289 g/mol. The van der Waals surface area contributed by atoms with Crippen LogP contribution in [0.5, 0.6) is 0 Å². The number of nitrogens with two attached hydrogens (primary N) is 1. The highest BCUT2D eigenvalue weighted by atomic mass is 35.5. The predicted octanol–water partition coefficient (Wildman–Crippen LogP) is 2.26. The normalized spacial score (nSPS) is 10.1. The van der Waals surface area contributed by atoms with Crippen LogP contribution in [0.15, 0.2) is 24.4 Å². The first-order chi connectivity index (χ1) is 9.56. The Labute approximate surface area is 120 Å². The maximum Gasteiger partial charge on any atom is 0.276 e. The summed E-state index contributed by atoms with van der Waals surface area (Å²) in [4.78, 5) is 12.2. The van der Waals surface area contributed by atoms with Gasteiger partial charge in [-0.2, -0.15) is 10.4 Å². The van der Waals surface area contributed by atoms with Crippen molar-refractivity contribution in [1.82, 2.24) is 9.78 Å². The number of halogens is 1. The number of nitrogens with one attached hydrogen (secondary N) is 1. The molecule has 0 atom stereocenters. The SMILES string of the molecule is CCn1ncc(N)c1C(=O)Nc1cc(C#N)ccc1Cl. The number of carbonyl (C=O) groups excluding carboxylic acids is 1. The van der Waals surface area contributed by atoms with Crippen molar-refractivity contribution >= 4 is 28.9 Å². The second-order valence-electron chi connectivity index (χ2n) is 4.02. The Balaban J connectivity index is 2.33. The Morgan fingerprint density at radius 2 is 2.35 bits per heavy atom. The topological polar surface area (TPSA) is 96.7 Å². The molecule has 0 unspecified atom stereocenters. The number of carbonyl (C=O) groups is 1. The van der Waals surface area contributed by atoms with Gasteiger partial charge >= 0.3 is 0 Å². The van der Waals surface area contributed by atoms with Gasteiger partial charge in [0, 0.05) is 6.54 Å². The van der Waals surface area contributed by atoms with Crippen molar-refractivity contribution in [3.63, 3.8) is 0 Å². The number of nitrogens with zero attached hydrogens (tertiary/aromatic N) is 3. The Bertz CT molecular complexity index is 701. The summed E-state index contributed by atoms with van der Waals surface area (Å²) in [5, 5.41) is 15.8. The van der Waals surface area contributed by atoms with E-state index in [2.05, 4.69) is 10.4 Å². The lowest BCUT2D eigenvalue weighted by molar-refractivity contribution is 0.101. The number of benzene rings is 1. The zero-order valence-corrected chi connectivity index (χ0v) is 11.5. The maximum atomic E-state index is 12.2. The number of anilines is 2. The van der Waals surface area contributed by atoms with Crippen molar-refractivity contribution in [1.29, 1.82) is 5.26 Å². The molecule has 2 rings (SSSR count). The molecule has 0 radical (unpaired) electrons. The minimum Gasteiger partial charge on any atom is -0.396 e. The zero-order valence-electron chi connectivity index (χ0n) is 10.7. The fourth-order valence-corrected chi connectivity index (χ4v) is 1.92. The van der Waals surface area contributed by atoms with Gasteiger partial charge in [0.1, 0.15) is 5.69 Å². The van der Waals surface area contributed by atoms with E-state index >= 15 is 0 Å². The number of rotatable bonds is 3. The van der Waals surface area contributed by atoms with Gasteiger partial charge in [-0.15, -0.1) is 0 Å². The summed E-state index contributed by atoms with van der Waals surface area (Å²) in [5.74, 6) is -0.418. The minimum absolute atomic E-state index is 0.269. The molecule has 0 aliphatic heterocycles. The summed E-state index contributed by atoms with van der Waals surface area (Å²) in [7, 11) is 0. The minimum atomic E-state index is -0.418. The number of nitrogen functional groups attached to an aromatic ring is 1. The van der Waals surface area contributed by atoms with Crippen LogP contribution in [-0.2, 0) is 6.54 Å². The molecule has 0 saturated heterocycles. The molecule has 0 spiro atoms. The third-order valence-corrected chi connectivity index (χ3v) is 3.06. The summed E-state index contributed by atoms with van der Waals surface area (Å²) in [6.07, 6.45) is 1.42. The number of hydrogen-bond acceptors (Lipinski definition) is 4. The summed E-state index contributed by atoms with van der Waals surface area (Å²) in [6.45, 7) is 2.37. The lowest BCUT2D eigenvalue weighted by Crippen LogP contribution is -2.19. The van der Waals surface area contributed by atoms with Crippen LogP contribution < -0.4 is 11.1 Å². The second kappa shape index (κ2) is 5.63. The van der Waals surface area contributed by atoms with E-state index in [-0.39, 0.29) is 11.4 Å². The average Bonchev–Trinajstić information content (AvgIpc) is 2.82. The molecule has 20 heavy (non-hydrogen) atoms. The molecule has 7 heteroatoms. The third-order valence-electron chi connectivity index (χ3n) is 2.73. The van der Waals surface area contributed by atoms with Crippen molar-refractivity contribution in [3.05, 3.63) is 40.7 Å². The standard InChI is InChI=1S/C13H12ClN5O/c1-2-19-12(10(16)7-17-19)13(20)18-11-5-8(6-15)3-4-9(11)14/h3-5,7H,2,16H2,1H3,(H,18,20). The van der Waals surface area contributed by atoms with E-state index in [0.717, 1.165) is 0 Å². The lowest BCUT2D eigenvalue weighted by Gasteiger charge is -2.09. The fourth-order valence-electron chi connectivity index (χ4n) is 1.76. The first-order valence-electron chi connectivity index (χ1n) is 5.89. The molecule has 102 valence electrons. The van der Waals surface area contributed by atoms with Crippen LogP contribution in [0.2, 0.25) is 5.02 Å². The molecular formula is C13H12ClN5O. The first-order valence-corrected chi connectivity index (χ1v) is 6.27. The van der Waals surface area contributed by atoms with Crippen molar-refractivity contribution < 1.29 is 4.79 Å². The molecule has 0 aliphatic carbocycles. The third kappa shape index (κ3) is 2.58. The first kappa shape index (κ1) is 13.9. The number of aryl methyl sites for hydroxylation is 1. The number of aromatic nitrogens is 2. The number of amides is 1. The van der Waals surface area contributed by atoms with E-state index in [0.29, 0.717) is 22.8 Å². The van der Waals surface area contributed by atoms with Crippen LogP contribution >= 0.6 is 11.6 Å². The molecule has 1 aromatic carbocycles. The average molecular weight is 290 g/mol. The van der Waals surface area contributed by atoms with Gasteiger partial charge in [0.15, 0.2) is 0 Å². The molecule has 0 aliphatic rings. The van der Waals surface area contributed by atoms with E-state index in [9.17, 15) is 4.79 Å². The van der Waals surface area contributed by atoms with Crippen LogP contribution in [0.1, 0.15) is 23.0 Å². The van der Waals surface area contributed by atoms with Crippen molar-refractivity contribution in [3.8, 4) is 6.07 Å². The number of nitriles is 1. The van der Waals surface area contributed by atoms with Crippen LogP contribution in [0.25, 0.3) is 0 Å². The molecule has 3 N–H and O–H groups in total. The fraction of sp³-hybridized carbons (Fsp3) is 0.154. The highest BCUT2D eigenvalue weighted by Gasteiger charge is 2.17. The largest absolute Gasteiger partial charge is 0.396 e. The Morgan fingerprint density at radius 1 is 1.60 bits per heavy atom. The van der Waals surface area contributed by atoms with Gasteiger partial charge in [-0.05, 0) is 25.1 Å². The van der Waals surface area contributed by atoms with E-state index in [1.54, 1.807) is 12.1 Å². The second-order valence-corrected chi connectivity index (χ2v) is 4.43. The van der Waals surface area contributed by atoms with Gasteiger partial charge in [-0.1, -0.05) is 11.6 Å². The van der Waals surface area contributed by atoms with Crippen LogP contribution in [0.4, 0.5) is 11.4 Å². The van der Waals surface area contributed by atoms with Crippen LogP contribution in [-0.4, -0.2) is 15.7 Å². The maximum absolute atomic E-state index is 12.2. The van der Waals surface area contributed by atoms with E-state index in [4.69, 9.17) is 22.6 Å². The van der Waals surface area contributed by atoms with Gasteiger partial charge in [0.05, 0.1) is 34.2 Å². The van der Waals surface area contributed by atoms with E-state index < -0.39 is 5.91 Å². The Hall–Kier alpha value is -2.52. The molecule has 1 amide bonds. The summed E-state index contributed by atoms with van der Waals surface area (Å²) < 4.78 is 1.49. The molecule has 1 aromatic heterocycles. The van der Waals surface area contributed by atoms with Gasteiger partial charge in [0.25, 0.3) is 5.91 Å². The Kier molecular flexibility index (Phi) is 3.91. The summed E-state index contributed by atoms with van der Waals surface area (Å²) in [5.41, 5.74) is 7.06. The molecular weight excluding hydrogens is 278 g/mol. The highest BCUT2D eigenvalue weighted by Crippen LogP contribution is 2.24. The summed E-state index contributed by atoms with van der Waals surface area (Å²) >= 11 is 5.99. The van der Waals surface area contributed by atoms with Gasteiger partial charge < -0.3 is 11.1 Å².